The molecule has 36 heavy (non-hydrogen) atoms. The van der Waals surface area contributed by atoms with Crippen molar-refractivity contribution in [2.75, 3.05) is 0 Å². The third kappa shape index (κ3) is 5.39. The number of alkyl halides is 6. The fourth-order valence-electron chi connectivity index (χ4n) is 3.43. The summed E-state index contributed by atoms with van der Waals surface area (Å²) in [6.45, 7) is -0.00203. The second kappa shape index (κ2) is 9.59. The summed E-state index contributed by atoms with van der Waals surface area (Å²) in [5.74, 6) is -0.506. The molecule has 0 aliphatic heterocycles. The monoisotopic (exact) mass is 546 g/mol. The number of H-pyrrole nitrogens is 1. The Kier molecular flexibility index (Phi) is 6.85. The average Bonchev–Trinajstić information content (AvgIpc) is 3.28. The van der Waals surface area contributed by atoms with E-state index in [2.05, 4.69) is 5.10 Å². The Morgan fingerprint density at radius 3 is 2.14 bits per heavy atom. The Morgan fingerprint density at radius 1 is 0.861 bits per heavy atom. The van der Waals surface area contributed by atoms with Gasteiger partial charge in [-0.1, -0.05) is 41.4 Å². The molecule has 0 aliphatic rings. The summed E-state index contributed by atoms with van der Waals surface area (Å²) in [6.07, 6.45) is -9.41. The van der Waals surface area contributed by atoms with E-state index in [1.54, 1.807) is 24.3 Å². The number of benzene rings is 3. The first-order chi connectivity index (χ1) is 16.8. The lowest BCUT2D eigenvalue weighted by atomic mass is 9.97. The molecule has 3 aromatic carbocycles. The van der Waals surface area contributed by atoms with Crippen molar-refractivity contribution < 1.29 is 36.2 Å². The van der Waals surface area contributed by atoms with Gasteiger partial charge in [0.15, 0.2) is 0 Å². The van der Waals surface area contributed by atoms with Crippen molar-refractivity contribution in [2.24, 2.45) is 0 Å². The summed E-state index contributed by atoms with van der Waals surface area (Å²) in [7, 11) is 0. The summed E-state index contributed by atoms with van der Waals surface area (Å²) in [4.78, 5) is 0. The SMILES string of the molecule is Oc1c(-c2cc(C(F)(F)F)[nH]n2)ccc(OCc2ccc(Cl)cc2)c1-c1ccc(C(F)(F)F)c(Cl)c1. The largest absolute Gasteiger partial charge is 0.506 e. The van der Waals surface area contributed by atoms with Crippen LogP contribution in [0.15, 0.2) is 60.7 Å². The highest BCUT2D eigenvalue weighted by Crippen LogP contribution is 2.46. The lowest BCUT2D eigenvalue weighted by molar-refractivity contribution is -0.141. The summed E-state index contributed by atoms with van der Waals surface area (Å²) >= 11 is 11.7. The van der Waals surface area contributed by atoms with E-state index in [0.29, 0.717) is 16.7 Å². The van der Waals surface area contributed by atoms with E-state index in [9.17, 15) is 31.4 Å². The van der Waals surface area contributed by atoms with Gasteiger partial charge in [0.25, 0.3) is 0 Å². The van der Waals surface area contributed by atoms with E-state index in [0.717, 1.165) is 18.2 Å². The zero-order valence-electron chi connectivity index (χ0n) is 17.8. The van der Waals surface area contributed by atoms with Gasteiger partial charge in [0.2, 0.25) is 0 Å². The zero-order valence-corrected chi connectivity index (χ0v) is 19.3. The van der Waals surface area contributed by atoms with Gasteiger partial charge in [-0.2, -0.15) is 31.4 Å². The van der Waals surface area contributed by atoms with Gasteiger partial charge < -0.3 is 9.84 Å². The number of rotatable bonds is 5. The predicted octanol–water partition coefficient (Wildman–Crippen LogP) is 8.37. The molecule has 4 nitrogen and oxygen atoms in total. The smallest absolute Gasteiger partial charge is 0.432 e. The molecule has 0 atom stereocenters. The van der Waals surface area contributed by atoms with Crippen LogP contribution in [-0.2, 0) is 19.0 Å². The molecule has 0 radical (unpaired) electrons. The molecule has 0 fully saturated rings. The topological polar surface area (TPSA) is 58.1 Å². The van der Waals surface area contributed by atoms with Gasteiger partial charge >= 0.3 is 12.4 Å². The number of phenolic OH excluding ortho intramolecular Hbond substituents is 1. The number of nitrogens with zero attached hydrogens (tertiary/aromatic N) is 1. The van der Waals surface area contributed by atoms with E-state index < -0.39 is 34.4 Å². The van der Waals surface area contributed by atoms with Crippen molar-refractivity contribution in [1.29, 1.82) is 0 Å². The number of phenols is 1. The molecular weight excluding hydrogens is 533 g/mol. The number of halogens is 8. The van der Waals surface area contributed by atoms with Crippen LogP contribution in [0.3, 0.4) is 0 Å². The Labute approximate surface area is 210 Å². The molecule has 4 rings (SSSR count). The minimum absolute atomic E-state index is 0.00203. The van der Waals surface area contributed by atoms with Gasteiger partial charge in [0, 0.05) is 10.6 Å². The van der Waals surface area contributed by atoms with Crippen molar-refractivity contribution in [3.05, 3.63) is 87.5 Å². The highest BCUT2D eigenvalue weighted by atomic mass is 35.5. The van der Waals surface area contributed by atoms with E-state index in [-0.39, 0.29) is 34.7 Å². The lowest BCUT2D eigenvalue weighted by Crippen LogP contribution is -2.05. The summed E-state index contributed by atoms with van der Waals surface area (Å²) in [5, 5.41) is 16.4. The van der Waals surface area contributed by atoms with E-state index in [4.69, 9.17) is 27.9 Å². The van der Waals surface area contributed by atoms with Gasteiger partial charge in [0.1, 0.15) is 23.8 Å². The van der Waals surface area contributed by atoms with Crippen molar-refractivity contribution in [3.8, 4) is 33.9 Å². The van der Waals surface area contributed by atoms with Crippen molar-refractivity contribution in [3.63, 3.8) is 0 Å². The van der Waals surface area contributed by atoms with Crippen LogP contribution in [0.5, 0.6) is 11.5 Å². The molecule has 1 heterocycles. The number of nitrogens with one attached hydrogen (secondary N) is 1. The molecule has 0 amide bonds. The Morgan fingerprint density at radius 2 is 1.56 bits per heavy atom. The Bertz CT molecular complexity index is 1400. The summed E-state index contributed by atoms with van der Waals surface area (Å²) in [6, 6.07) is 12.8. The molecule has 0 saturated heterocycles. The highest BCUT2D eigenvalue weighted by Gasteiger charge is 2.35. The third-order valence-electron chi connectivity index (χ3n) is 5.17. The summed E-state index contributed by atoms with van der Waals surface area (Å²) in [5.41, 5.74) is -1.90. The second-order valence-corrected chi connectivity index (χ2v) is 8.45. The molecule has 2 N–H and O–H groups in total. The number of ether oxygens (including phenoxy) is 1. The summed E-state index contributed by atoms with van der Waals surface area (Å²) < 4.78 is 84.4. The molecule has 0 spiro atoms. The minimum atomic E-state index is -4.71. The van der Waals surface area contributed by atoms with Crippen molar-refractivity contribution in [1.82, 2.24) is 10.2 Å². The number of hydrogen-bond donors (Lipinski definition) is 2. The van der Waals surface area contributed by atoms with Gasteiger partial charge in [-0.3, -0.25) is 5.10 Å². The normalized spacial score (nSPS) is 12.1. The number of aromatic hydroxyl groups is 1. The first kappa shape index (κ1) is 25.7. The van der Waals surface area contributed by atoms with Crippen LogP contribution in [0.2, 0.25) is 10.0 Å². The molecule has 0 saturated carbocycles. The molecular formula is C24H14Cl2F6N2O2. The second-order valence-electron chi connectivity index (χ2n) is 7.61. The first-order valence-corrected chi connectivity index (χ1v) is 10.8. The fraction of sp³-hybridized carbons (Fsp3) is 0.125. The van der Waals surface area contributed by atoms with Gasteiger partial charge in [0.05, 0.1) is 21.8 Å². The maximum absolute atomic E-state index is 13.2. The van der Waals surface area contributed by atoms with Gasteiger partial charge in [-0.15, -0.1) is 0 Å². The fourth-order valence-corrected chi connectivity index (χ4v) is 3.84. The van der Waals surface area contributed by atoms with Crippen LogP contribution in [-0.4, -0.2) is 15.3 Å². The van der Waals surface area contributed by atoms with E-state index in [1.165, 1.54) is 12.1 Å². The number of aromatic nitrogens is 2. The quantitative estimate of drug-likeness (QED) is 0.247. The van der Waals surface area contributed by atoms with Crippen molar-refractivity contribution >= 4 is 23.2 Å². The zero-order chi connectivity index (χ0) is 26.3. The molecule has 0 aliphatic carbocycles. The van der Waals surface area contributed by atoms with Crippen LogP contribution in [0, 0.1) is 0 Å². The minimum Gasteiger partial charge on any atom is -0.506 e. The van der Waals surface area contributed by atoms with Crippen molar-refractivity contribution in [2.45, 2.75) is 19.0 Å². The van der Waals surface area contributed by atoms with Crippen LogP contribution in [0.25, 0.3) is 22.4 Å². The predicted molar refractivity (Wildman–Crippen MR) is 122 cm³/mol. The Balaban J connectivity index is 1.81. The van der Waals surface area contributed by atoms with Crippen LogP contribution >= 0.6 is 23.2 Å². The molecule has 188 valence electrons. The first-order valence-electron chi connectivity index (χ1n) is 10.1. The average molecular weight is 547 g/mol. The van der Waals surface area contributed by atoms with Crippen LogP contribution < -0.4 is 4.74 Å². The standard InChI is InChI=1S/C24H14Cl2F6N2O2/c25-14-4-1-12(2-5-14)11-36-19-8-6-15(18-10-20(34-33-18)24(30,31)32)22(35)21(19)13-3-7-16(17(26)9-13)23(27,28)29/h1-10,35H,11H2,(H,33,34). The molecule has 1 aromatic heterocycles. The van der Waals surface area contributed by atoms with Crippen LogP contribution in [0.1, 0.15) is 16.8 Å². The number of hydrogen-bond acceptors (Lipinski definition) is 3. The number of aromatic amines is 1. The van der Waals surface area contributed by atoms with Gasteiger partial charge in [-0.25, -0.2) is 0 Å². The maximum Gasteiger partial charge on any atom is 0.432 e. The molecule has 12 heteroatoms. The van der Waals surface area contributed by atoms with E-state index in [1.807, 2.05) is 5.10 Å². The van der Waals surface area contributed by atoms with Gasteiger partial charge in [-0.05, 0) is 53.6 Å². The highest BCUT2D eigenvalue weighted by molar-refractivity contribution is 6.31. The molecule has 0 unspecified atom stereocenters. The lowest BCUT2D eigenvalue weighted by Gasteiger charge is -2.17. The molecule has 4 aromatic rings. The third-order valence-corrected chi connectivity index (χ3v) is 5.73. The van der Waals surface area contributed by atoms with E-state index >= 15 is 0 Å². The Hall–Kier alpha value is -3.37. The maximum atomic E-state index is 13.2. The molecule has 0 bridgehead atoms. The van der Waals surface area contributed by atoms with Crippen LogP contribution in [0.4, 0.5) is 26.3 Å².